The van der Waals surface area contributed by atoms with E-state index in [0.29, 0.717) is 10.2 Å². The number of anilines is 1. The van der Waals surface area contributed by atoms with Gasteiger partial charge in [0.05, 0.1) is 12.1 Å². The highest BCUT2D eigenvalue weighted by Gasteiger charge is 2.11. The van der Waals surface area contributed by atoms with E-state index in [4.69, 9.17) is 5.11 Å². The lowest BCUT2D eigenvalue weighted by Gasteiger charge is -2.14. The molecule has 0 aliphatic heterocycles. The lowest BCUT2D eigenvalue weighted by atomic mass is 10.2. The molecule has 0 aliphatic rings. The summed E-state index contributed by atoms with van der Waals surface area (Å²) in [4.78, 5) is 10.4. The molecule has 1 aromatic rings. The first-order chi connectivity index (χ1) is 7.00. The summed E-state index contributed by atoms with van der Waals surface area (Å²) < 4.78 is 13.9. The van der Waals surface area contributed by atoms with Crippen molar-refractivity contribution in [3.63, 3.8) is 0 Å². The molecule has 0 saturated carbocycles. The second-order valence-electron chi connectivity index (χ2n) is 3.24. The van der Waals surface area contributed by atoms with E-state index in [0.717, 1.165) is 0 Å². The average Bonchev–Trinajstić information content (AvgIpc) is 2.10. The van der Waals surface area contributed by atoms with Crippen LogP contribution < -0.4 is 5.32 Å². The number of para-hydroxylation sites is 1. The Hall–Kier alpha value is -1.10. The van der Waals surface area contributed by atoms with Crippen molar-refractivity contribution < 1.29 is 14.3 Å². The molecule has 15 heavy (non-hydrogen) atoms. The first kappa shape index (κ1) is 12.0. The summed E-state index contributed by atoms with van der Waals surface area (Å²) in [5.74, 6) is -1.32. The van der Waals surface area contributed by atoms with E-state index in [2.05, 4.69) is 21.2 Å². The molecule has 1 atom stereocenters. The number of benzene rings is 1. The summed E-state index contributed by atoms with van der Waals surface area (Å²) in [7, 11) is 0. The average molecular weight is 276 g/mol. The molecule has 0 saturated heterocycles. The van der Waals surface area contributed by atoms with E-state index in [9.17, 15) is 9.18 Å². The van der Waals surface area contributed by atoms with Crippen LogP contribution >= 0.6 is 15.9 Å². The molecule has 2 N–H and O–H groups in total. The number of hydrogen-bond acceptors (Lipinski definition) is 2. The summed E-state index contributed by atoms with van der Waals surface area (Å²) in [6, 6.07) is 4.27. The summed E-state index contributed by atoms with van der Waals surface area (Å²) in [6.07, 6.45) is -0.0548. The van der Waals surface area contributed by atoms with Gasteiger partial charge in [0.25, 0.3) is 0 Å². The lowest BCUT2D eigenvalue weighted by molar-refractivity contribution is -0.137. The van der Waals surface area contributed by atoms with Gasteiger partial charge < -0.3 is 10.4 Å². The standard InChI is InChI=1S/C10H11BrFNO2/c1-6(5-9(14)15)13-10-7(11)3-2-4-8(10)12/h2-4,6,13H,5H2,1H3,(H,14,15). The van der Waals surface area contributed by atoms with E-state index in [1.165, 1.54) is 6.07 Å². The zero-order valence-corrected chi connectivity index (χ0v) is 9.71. The molecule has 0 aromatic heterocycles. The molecule has 5 heteroatoms. The highest BCUT2D eigenvalue weighted by atomic mass is 79.9. The maximum absolute atomic E-state index is 13.3. The minimum Gasteiger partial charge on any atom is -0.481 e. The molecule has 0 heterocycles. The molecule has 0 aliphatic carbocycles. The highest BCUT2D eigenvalue weighted by Crippen LogP contribution is 2.26. The van der Waals surface area contributed by atoms with Crippen molar-refractivity contribution in [1.29, 1.82) is 0 Å². The Morgan fingerprint density at radius 1 is 1.67 bits per heavy atom. The van der Waals surface area contributed by atoms with Crippen LogP contribution in [0.1, 0.15) is 13.3 Å². The van der Waals surface area contributed by atoms with E-state index in [1.54, 1.807) is 19.1 Å². The number of carboxylic acids is 1. The molecule has 82 valence electrons. The van der Waals surface area contributed by atoms with Gasteiger partial charge in [-0.15, -0.1) is 0 Å². The number of rotatable bonds is 4. The van der Waals surface area contributed by atoms with E-state index < -0.39 is 11.8 Å². The first-order valence-electron chi connectivity index (χ1n) is 4.43. The van der Waals surface area contributed by atoms with Crippen LogP contribution in [0, 0.1) is 5.82 Å². The van der Waals surface area contributed by atoms with E-state index >= 15 is 0 Å². The van der Waals surface area contributed by atoms with Gasteiger partial charge in [0.2, 0.25) is 0 Å². The van der Waals surface area contributed by atoms with Crippen LogP contribution in [0.2, 0.25) is 0 Å². The van der Waals surface area contributed by atoms with Gasteiger partial charge in [0.1, 0.15) is 5.82 Å². The van der Waals surface area contributed by atoms with Crippen molar-refractivity contribution in [3.05, 3.63) is 28.5 Å². The van der Waals surface area contributed by atoms with Crippen LogP contribution in [0.25, 0.3) is 0 Å². The Morgan fingerprint density at radius 2 is 2.33 bits per heavy atom. The van der Waals surface area contributed by atoms with Gasteiger partial charge in [-0.05, 0) is 35.0 Å². The minimum absolute atomic E-state index is 0.0548. The smallest absolute Gasteiger partial charge is 0.305 e. The molecule has 0 bridgehead atoms. The van der Waals surface area contributed by atoms with E-state index in [-0.39, 0.29) is 12.5 Å². The summed E-state index contributed by atoms with van der Waals surface area (Å²) >= 11 is 3.19. The Balaban J connectivity index is 2.76. The van der Waals surface area contributed by atoms with Gasteiger partial charge in [0.15, 0.2) is 0 Å². The van der Waals surface area contributed by atoms with Crippen molar-refractivity contribution >= 4 is 27.6 Å². The van der Waals surface area contributed by atoms with Crippen molar-refractivity contribution in [2.45, 2.75) is 19.4 Å². The van der Waals surface area contributed by atoms with Gasteiger partial charge in [-0.3, -0.25) is 4.79 Å². The SMILES string of the molecule is CC(CC(=O)O)Nc1c(F)cccc1Br. The van der Waals surface area contributed by atoms with Crippen molar-refractivity contribution in [1.82, 2.24) is 0 Å². The number of halogens is 2. The van der Waals surface area contributed by atoms with Gasteiger partial charge in [-0.25, -0.2) is 4.39 Å². The fourth-order valence-electron chi connectivity index (χ4n) is 1.20. The summed E-state index contributed by atoms with van der Waals surface area (Å²) in [5, 5.41) is 11.4. The minimum atomic E-state index is -0.914. The molecular weight excluding hydrogens is 265 g/mol. The molecule has 0 spiro atoms. The van der Waals surface area contributed by atoms with Crippen molar-refractivity contribution in [2.24, 2.45) is 0 Å². The molecular formula is C10H11BrFNO2. The third-order valence-electron chi connectivity index (χ3n) is 1.83. The maximum atomic E-state index is 13.3. The second-order valence-corrected chi connectivity index (χ2v) is 4.09. The zero-order valence-electron chi connectivity index (χ0n) is 8.13. The van der Waals surface area contributed by atoms with Crippen LogP contribution in [-0.2, 0) is 4.79 Å². The lowest BCUT2D eigenvalue weighted by Crippen LogP contribution is -2.20. The van der Waals surface area contributed by atoms with Gasteiger partial charge >= 0.3 is 5.97 Å². The quantitative estimate of drug-likeness (QED) is 0.889. The second kappa shape index (κ2) is 5.11. The molecule has 1 rings (SSSR count). The Labute approximate surface area is 95.4 Å². The van der Waals surface area contributed by atoms with Crippen LogP contribution in [-0.4, -0.2) is 17.1 Å². The maximum Gasteiger partial charge on any atom is 0.305 e. The molecule has 0 radical (unpaired) electrons. The molecule has 3 nitrogen and oxygen atoms in total. The fraction of sp³-hybridized carbons (Fsp3) is 0.300. The zero-order chi connectivity index (χ0) is 11.4. The van der Waals surface area contributed by atoms with Crippen LogP contribution in [0.3, 0.4) is 0 Å². The normalized spacial score (nSPS) is 12.2. The molecule has 0 fully saturated rings. The highest BCUT2D eigenvalue weighted by molar-refractivity contribution is 9.10. The van der Waals surface area contributed by atoms with Crippen LogP contribution in [0.5, 0.6) is 0 Å². The number of aliphatic carboxylic acids is 1. The number of carbonyl (C=O) groups is 1. The topological polar surface area (TPSA) is 49.3 Å². The van der Waals surface area contributed by atoms with Gasteiger partial charge in [0, 0.05) is 10.5 Å². The van der Waals surface area contributed by atoms with Crippen LogP contribution in [0.4, 0.5) is 10.1 Å². The van der Waals surface area contributed by atoms with E-state index in [1.807, 2.05) is 0 Å². The molecule has 1 unspecified atom stereocenters. The van der Waals surface area contributed by atoms with Crippen molar-refractivity contribution in [3.8, 4) is 0 Å². The Morgan fingerprint density at radius 3 is 2.87 bits per heavy atom. The first-order valence-corrected chi connectivity index (χ1v) is 5.22. The largest absolute Gasteiger partial charge is 0.481 e. The molecule has 0 amide bonds. The number of carboxylic acid groups (broad SMARTS) is 1. The van der Waals surface area contributed by atoms with Crippen LogP contribution in [0.15, 0.2) is 22.7 Å². The third-order valence-corrected chi connectivity index (χ3v) is 2.50. The monoisotopic (exact) mass is 275 g/mol. The summed E-state index contributed by atoms with van der Waals surface area (Å²) in [6.45, 7) is 1.69. The van der Waals surface area contributed by atoms with Gasteiger partial charge in [-0.1, -0.05) is 6.07 Å². The Kier molecular flexibility index (Phi) is 4.08. The fourth-order valence-corrected chi connectivity index (χ4v) is 1.65. The predicted molar refractivity (Wildman–Crippen MR) is 59.4 cm³/mol. The number of nitrogens with one attached hydrogen (secondary N) is 1. The predicted octanol–water partition coefficient (Wildman–Crippen LogP) is 2.86. The molecule has 1 aromatic carbocycles. The van der Waals surface area contributed by atoms with Gasteiger partial charge in [-0.2, -0.15) is 0 Å². The number of hydrogen-bond donors (Lipinski definition) is 2. The summed E-state index contributed by atoms with van der Waals surface area (Å²) in [5.41, 5.74) is 0.297. The van der Waals surface area contributed by atoms with Crippen molar-refractivity contribution in [2.75, 3.05) is 5.32 Å². The third kappa shape index (κ3) is 3.51. The Bertz CT molecular complexity index is 350.